The van der Waals surface area contributed by atoms with Crippen LogP contribution in [0.4, 0.5) is 17.1 Å². The molecule has 1 aromatic heterocycles. The Hall–Kier alpha value is -4.13. The monoisotopic (exact) mass is 385 g/mol. The second kappa shape index (κ2) is 8.26. The van der Waals surface area contributed by atoms with Gasteiger partial charge in [-0.25, -0.2) is 9.67 Å². The fourth-order valence-corrected chi connectivity index (χ4v) is 2.86. The highest BCUT2D eigenvalue weighted by Crippen LogP contribution is 2.24. The maximum atomic E-state index is 12.8. The van der Waals surface area contributed by atoms with E-state index in [9.17, 15) is 4.79 Å². The number of rotatable bonds is 6. The molecule has 7 heteroatoms. The highest BCUT2D eigenvalue weighted by Gasteiger charge is 2.12. The van der Waals surface area contributed by atoms with Crippen molar-refractivity contribution in [2.75, 3.05) is 17.7 Å². The van der Waals surface area contributed by atoms with Gasteiger partial charge in [-0.15, -0.1) is 0 Å². The van der Waals surface area contributed by atoms with Crippen LogP contribution in [-0.2, 0) is 0 Å². The average Bonchev–Trinajstić information content (AvgIpc) is 3.30. The zero-order chi connectivity index (χ0) is 20.1. The standard InChI is InChI=1S/C22H19N5O2/c1-29-19-12-8-16(9-13-19)25-21-5-3-2-4-20(21)22(28)26-17-6-10-18(11-7-17)27-15-23-14-24-27/h2-15,25H,1H3,(H,26,28). The Morgan fingerprint density at radius 1 is 0.931 bits per heavy atom. The number of nitrogens with one attached hydrogen (secondary N) is 2. The van der Waals surface area contributed by atoms with Gasteiger partial charge in [-0.3, -0.25) is 4.79 Å². The van der Waals surface area contributed by atoms with E-state index in [0.717, 1.165) is 22.8 Å². The molecule has 3 aromatic carbocycles. The lowest BCUT2D eigenvalue weighted by Crippen LogP contribution is -2.14. The van der Waals surface area contributed by atoms with Gasteiger partial charge in [0.2, 0.25) is 0 Å². The van der Waals surface area contributed by atoms with Crippen molar-refractivity contribution in [3.8, 4) is 11.4 Å². The highest BCUT2D eigenvalue weighted by molar-refractivity contribution is 6.08. The number of nitrogens with zero attached hydrogens (tertiary/aromatic N) is 3. The Bertz CT molecular complexity index is 1090. The van der Waals surface area contributed by atoms with Gasteiger partial charge in [0.25, 0.3) is 5.91 Å². The Balaban J connectivity index is 1.50. The first-order valence-corrected chi connectivity index (χ1v) is 8.99. The predicted molar refractivity (Wildman–Crippen MR) is 112 cm³/mol. The van der Waals surface area contributed by atoms with Crippen LogP contribution in [0, 0.1) is 0 Å². The van der Waals surface area contributed by atoms with Crippen molar-refractivity contribution in [3.63, 3.8) is 0 Å². The number of benzene rings is 3. The Morgan fingerprint density at radius 3 is 2.34 bits per heavy atom. The summed E-state index contributed by atoms with van der Waals surface area (Å²) >= 11 is 0. The summed E-state index contributed by atoms with van der Waals surface area (Å²) in [5.41, 5.74) is 3.68. The third-order valence-corrected chi connectivity index (χ3v) is 4.35. The first-order chi connectivity index (χ1) is 14.2. The summed E-state index contributed by atoms with van der Waals surface area (Å²) in [5.74, 6) is 0.575. The van der Waals surface area contributed by atoms with Gasteiger partial charge in [0.05, 0.1) is 24.0 Å². The molecule has 0 spiro atoms. The van der Waals surface area contributed by atoms with Crippen molar-refractivity contribution in [3.05, 3.63) is 91.0 Å². The first kappa shape index (κ1) is 18.2. The van der Waals surface area contributed by atoms with Crippen LogP contribution in [0.15, 0.2) is 85.5 Å². The highest BCUT2D eigenvalue weighted by atomic mass is 16.5. The van der Waals surface area contributed by atoms with Gasteiger partial charge in [0.1, 0.15) is 18.4 Å². The number of hydrogen-bond acceptors (Lipinski definition) is 5. The summed E-state index contributed by atoms with van der Waals surface area (Å²) in [4.78, 5) is 16.8. The molecule has 1 heterocycles. The molecule has 0 radical (unpaired) electrons. The van der Waals surface area contributed by atoms with Crippen LogP contribution in [0.3, 0.4) is 0 Å². The molecule has 144 valence electrons. The number of carbonyl (C=O) groups is 1. The average molecular weight is 385 g/mol. The fourth-order valence-electron chi connectivity index (χ4n) is 2.86. The van der Waals surface area contributed by atoms with Crippen LogP contribution >= 0.6 is 0 Å². The van der Waals surface area contributed by atoms with E-state index in [2.05, 4.69) is 20.7 Å². The SMILES string of the molecule is COc1ccc(Nc2ccccc2C(=O)Nc2ccc(-n3cncn3)cc2)cc1. The zero-order valence-corrected chi connectivity index (χ0v) is 15.7. The van der Waals surface area contributed by atoms with E-state index in [0.29, 0.717) is 11.3 Å². The molecule has 0 bridgehead atoms. The zero-order valence-electron chi connectivity index (χ0n) is 15.7. The number of carbonyl (C=O) groups excluding carboxylic acids is 1. The maximum Gasteiger partial charge on any atom is 0.257 e. The number of ether oxygens (including phenoxy) is 1. The number of anilines is 3. The summed E-state index contributed by atoms with van der Waals surface area (Å²) in [6, 6.07) is 22.3. The van der Waals surface area contributed by atoms with E-state index in [4.69, 9.17) is 4.74 Å². The molecule has 0 aliphatic carbocycles. The summed E-state index contributed by atoms with van der Waals surface area (Å²) in [6.45, 7) is 0. The lowest BCUT2D eigenvalue weighted by atomic mass is 10.1. The second-order valence-electron chi connectivity index (χ2n) is 6.24. The number of aromatic nitrogens is 3. The topological polar surface area (TPSA) is 81.1 Å². The van der Waals surface area contributed by atoms with Gasteiger partial charge in [0, 0.05) is 11.4 Å². The molecule has 1 amide bonds. The Kier molecular flexibility index (Phi) is 5.20. The summed E-state index contributed by atoms with van der Waals surface area (Å²) < 4.78 is 6.83. The van der Waals surface area contributed by atoms with Crippen molar-refractivity contribution in [1.82, 2.24) is 14.8 Å². The summed E-state index contributed by atoms with van der Waals surface area (Å²) in [7, 11) is 1.63. The van der Waals surface area contributed by atoms with Crippen molar-refractivity contribution >= 4 is 23.0 Å². The third kappa shape index (κ3) is 4.24. The van der Waals surface area contributed by atoms with Gasteiger partial charge >= 0.3 is 0 Å². The number of methoxy groups -OCH3 is 1. The van der Waals surface area contributed by atoms with E-state index in [1.807, 2.05) is 66.7 Å². The van der Waals surface area contributed by atoms with Gasteiger partial charge < -0.3 is 15.4 Å². The molecule has 2 N–H and O–H groups in total. The van der Waals surface area contributed by atoms with Crippen LogP contribution in [0.5, 0.6) is 5.75 Å². The van der Waals surface area contributed by atoms with E-state index >= 15 is 0 Å². The third-order valence-electron chi connectivity index (χ3n) is 4.35. The predicted octanol–water partition coefficient (Wildman–Crippen LogP) is 4.27. The molecular formula is C22H19N5O2. The molecule has 4 aromatic rings. The van der Waals surface area contributed by atoms with Crippen LogP contribution in [0.1, 0.15) is 10.4 Å². The van der Waals surface area contributed by atoms with E-state index in [-0.39, 0.29) is 5.91 Å². The molecule has 29 heavy (non-hydrogen) atoms. The Morgan fingerprint density at radius 2 is 1.66 bits per heavy atom. The molecule has 0 saturated heterocycles. The van der Waals surface area contributed by atoms with Gasteiger partial charge in [-0.2, -0.15) is 5.10 Å². The number of amides is 1. The quantitative estimate of drug-likeness (QED) is 0.518. The molecule has 0 fully saturated rings. The molecule has 0 atom stereocenters. The van der Waals surface area contributed by atoms with Crippen LogP contribution in [-0.4, -0.2) is 27.8 Å². The summed E-state index contributed by atoms with van der Waals surface area (Å²) in [6.07, 6.45) is 3.09. The van der Waals surface area contributed by atoms with Crippen LogP contribution in [0.2, 0.25) is 0 Å². The first-order valence-electron chi connectivity index (χ1n) is 8.99. The molecule has 0 unspecified atom stereocenters. The minimum atomic E-state index is -0.199. The molecule has 0 saturated carbocycles. The smallest absolute Gasteiger partial charge is 0.257 e. The van der Waals surface area contributed by atoms with Crippen molar-refractivity contribution in [2.45, 2.75) is 0 Å². The largest absolute Gasteiger partial charge is 0.497 e. The molecule has 0 aliphatic rings. The van der Waals surface area contributed by atoms with Gasteiger partial charge in [-0.1, -0.05) is 12.1 Å². The fraction of sp³-hybridized carbons (Fsp3) is 0.0455. The summed E-state index contributed by atoms with van der Waals surface area (Å²) in [5, 5.41) is 10.3. The minimum Gasteiger partial charge on any atom is -0.497 e. The molecular weight excluding hydrogens is 366 g/mol. The van der Waals surface area contributed by atoms with E-state index < -0.39 is 0 Å². The van der Waals surface area contributed by atoms with Crippen LogP contribution in [0.25, 0.3) is 5.69 Å². The van der Waals surface area contributed by atoms with Crippen LogP contribution < -0.4 is 15.4 Å². The van der Waals surface area contributed by atoms with Crippen molar-refractivity contribution < 1.29 is 9.53 Å². The molecule has 0 aliphatic heterocycles. The normalized spacial score (nSPS) is 10.4. The lowest BCUT2D eigenvalue weighted by Gasteiger charge is -2.13. The second-order valence-corrected chi connectivity index (χ2v) is 6.24. The van der Waals surface area contributed by atoms with Gasteiger partial charge in [0.15, 0.2) is 0 Å². The van der Waals surface area contributed by atoms with Crippen molar-refractivity contribution in [1.29, 1.82) is 0 Å². The maximum absolute atomic E-state index is 12.8. The Labute approximate surface area is 168 Å². The molecule has 4 rings (SSSR count). The molecule has 7 nitrogen and oxygen atoms in total. The minimum absolute atomic E-state index is 0.199. The number of hydrogen-bond donors (Lipinski definition) is 2. The van der Waals surface area contributed by atoms with E-state index in [1.54, 1.807) is 24.2 Å². The van der Waals surface area contributed by atoms with Crippen molar-refractivity contribution in [2.24, 2.45) is 0 Å². The number of para-hydroxylation sites is 1. The lowest BCUT2D eigenvalue weighted by molar-refractivity contribution is 0.102. The van der Waals surface area contributed by atoms with E-state index in [1.165, 1.54) is 6.33 Å². The van der Waals surface area contributed by atoms with Gasteiger partial charge in [-0.05, 0) is 60.7 Å².